The van der Waals surface area contributed by atoms with E-state index in [9.17, 15) is 0 Å². The second-order valence-corrected chi connectivity index (χ2v) is 4.54. The quantitative estimate of drug-likeness (QED) is 0.431. The van der Waals surface area contributed by atoms with Gasteiger partial charge < -0.3 is 11.5 Å². The van der Waals surface area contributed by atoms with Gasteiger partial charge in [0.1, 0.15) is 0 Å². The number of hydrogen-bond acceptors (Lipinski definition) is 1. The second kappa shape index (κ2) is 5.80. The van der Waals surface area contributed by atoms with Gasteiger partial charge in [-0.2, -0.15) is 0 Å². The minimum Gasteiger partial charge on any atom is -0.370 e. The van der Waals surface area contributed by atoms with E-state index in [4.69, 9.17) is 11.5 Å². The van der Waals surface area contributed by atoms with Gasteiger partial charge in [-0.1, -0.05) is 48.5 Å². The van der Waals surface area contributed by atoms with Gasteiger partial charge >= 0.3 is 0 Å². The van der Waals surface area contributed by atoms with Crippen LogP contribution in [0.5, 0.6) is 0 Å². The summed E-state index contributed by atoms with van der Waals surface area (Å²) in [6.45, 7) is 0.504. The molecule has 0 aliphatic rings. The predicted molar refractivity (Wildman–Crippen MR) is 88.2 cm³/mol. The van der Waals surface area contributed by atoms with Crippen molar-refractivity contribution in [3.05, 3.63) is 60.2 Å². The Labute approximate surface area is 123 Å². The summed E-state index contributed by atoms with van der Waals surface area (Å²) in [5, 5.41) is 4.82. The predicted octanol–water partition coefficient (Wildman–Crippen LogP) is 3.19. The summed E-state index contributed by atoms with van der Waals surface area (Å²) in [7, 11) is 0. The van der Waals surface area contributed by atoms with Crippen molar-refractivity contribution in [3.63, 3.8) is 0 Å². The first-order valence-electron chi connectivity index (χ1n) is 6.20. The van der Waals surface area contributed by atoms with Gasteiger partial charge in [0.2, 0.25) is 0 Å². The van der Waals surface area contributed by atoms with E-state index in [0.29, 0.717) is 6.54 Å². The fourth-order valence-corrected chi connectivity index (χ4v) is 2.45. The minimum absolute atomic E-state index is 0. The van der Waals surface area contributed by atoms with Crippen molar-refractivity contribution in [2.45, 2.75) is 6.54 Å². The molecule has 0 aromatic heterocycles. The maximum atomic E-state index is 5.46. The van der Waals surface area contributed by atoms with Gasteiger partial charge in [0.15, 0.2) is 5.96 Å². The third-order valence-corrected chi connectivity index (χ3v) is 3.30. The van der Waals surface area contributed by atoms with E-state index in [1.165, 1.54) is 27.1 Å². The number of fused-ring (bicyclic) bond motifs is 2. The number of guanidine groups is 1. The third kappa shape index (κ3) is 2.53. The lowest BCUT2D eigenvalue weighted by molar-refractivity contribution is 1.08. The van der Waals surface area contributed by atoms with Crippen LogP contribution in [-0.4, -0.2) is 5.96 Å². The molecule has 3 rings (SSSR count). The molecule has 3 aromatic rings. The topological polar surface area (TPSA) is 64.4 Å². The van der Waals surface area contributed by atoms with Gasteiger partial charge in [0.05, 0.1) is 6.54 Å². The van der Waals surface area contributed by atoms with E-state index in [1.54, 1.807) is 0 Å². The highest BCUT2D eigenvalue weighted by molar-refractivity contribution is 6.02. The fourth-order valence-electron chi connectivity index (χ4n) is 2.45. The first-order chi connectivity index (χ1) is 9.25. The Bertz CT molecular complexity index is 723. The summed E-state index contributed by atoms with van der Waals surface area (Å²) in [5.74, 6) is 0.122. The van der Waals surface area contributed by atoms with Crippen molar-refractivity contribution in [3.8, 4) is 0 Å². The monoisotopic (exact) mass is 285 g/mol. The Balaban J connectivity index is 0.00000147. The molecule has 0 bridgehead atoms. The molecule has 102 valence electrons. The van der Waals surface area contributed by atoms with Crippen molar-refractivity contribution in [1.29, 1.82) is 0 Å². The number of hydrogen-bond donors (Lipinski definition) is 2. The molecule has 0 atom stereocenters. The van der Waals surface area contributed by atoms with Crippen LogP contribution in [0.1, 0.15) is 5.56 Å². The second-order valence-electron chi connectivity index (χ2n) is 4.54. The molecule has 0 spiro atoms. The smallest absolute Gasteiger partial charge is 0.186 e. The van der Waals surface area contributed by atoms with Crippen LogP contribution in [0.15, 0.2) is 59.6 Å². The molecule has 20 heavy (non-hydrogen) atoms. The molecule has 0 aliphatic carbocycles. The molecule has 0 saturated heterocycles. The maximum Gasteiger partial charge on any atom is 0.186 e. The van der Waals surface area contributed by atoms with Crippen LogP contribution < -0.4 is 11.5 Å². The van der Waals surface area contributed by atoms with Crippen LogP contribution >= 0.6 is 12.4 Å². The highest BCUT2D eigenvalue weighted by Crippen LogP contribution is 2.28. The number of rotatable bonds is 2. The van der Waals surface area contributed by atoms with Crippen molar-refractivity contribution in [1.82, 2.24) is 0 Å². The molecule has 0 amide bonds. The molecule has 4 heteroatoms. The highest BCUT2D eigenvalue weighted by Gasteiger charge is 2.06. The Morgan fingerprint density at radius 1 is 0.850 bits per heavy atom. The summed E-state index contributed by atoms with van der Waals surface area (Å²) in [4.78, 5) is 4.17. The van der Waals surface area contributed by atoms with Gasteiger partial charge in [-0.3, -0.25) is 0 Å². The average Bonchev–Trinajstić information content (AvgIpc) is 2.43. The highest BCUT2D eigenvalue weighted by atomic mass is 35.5. The molecule has 0 unspecified atom stereocenters. The maximum absolute atomic E-state index is 5.46. The van der Waals surface area contributed by atoms with E-state index in [0.717, 1.165) is 0 Å². The lowest BCUT2D eigenvalue weighted by Crippen LogP contribution is -2.22. The summed E-state index contributed by atoms with van der Waals surface area (Å²) in [5.41, 5.74) is 12.1. The Kier molecular flexibility index (Phi) is 4.11. The SMILES string of the molecule is Cl.NC(N)=NCc1c2ccccc2cc2ccccc12. The first-order valence-corrected chi connectivity index (χ1v) is 6.20. The summed E-state index contributed by atoms with van der Waals surface area (Å²) >= 11 is 0. The van der Waals surface area contributed by atoms with Crippen molar-refractivity contribution < 1.29 is 0 Å². The first kappa shape index (κ1) is 14.2. The minimum atomic E-state index is 0. The van der Waals surface area contributed by atoms with Crippen LogP contribution in [0.3, 0.4) is 0 Å². The molecule has 3 nitrogen and oxygen atoms in total. The molecule has 0 fully saturated rings. The van der Waals surface area contributed by atoms with E-state index in [1.807, 2.05) is 24.3 Å². The Hall–Kier alpha value is -2.26. The zero-order valence-corrected chi connectivity index (χ0v) is 11.7. The molecular weight excluding hydrogens is 270 g/mol. The lowest BCUT2D eigenvalue weighted by Gasteiger charge is -2.09. The molecule has 0 radical (unpaired) electrons. The van der Waals surface area contributed by atoms with Crippen molar-refractivity contribution in [2.75, 3.05) is 0 Å². The largest absolute Gasteiger partial charge is 0.370 e. The zero-order valence-electron chi connectivity index (χ0n) is 10.9. The molecular formula is C16H16ClN3. The van der Waals surface area contributed by atoms with Crippen LogP contribution in [0.4, 0.5) is 0 Å². The normalized spacial score (nSPS) is 10.2. The number of halogens is 1. The van der Waals surface area contributed by atoms with Gasteiger partial charge in [0, 0.05) is 0 Å². The van der Waals surface area contributed by atoms with E-state index >= 15 is 0 Å². The lowest BCUT2D eigenvalue weighted by atomic mass is 9.97. The zero-order chi connectivity index (χ0) is 13.2. The standard InChI is InChI=1S/C16H15N3.ClH/c17-16(18)19-10-15-13-7-3-1-5-11(13)9-12-6-2-4-8-14(12)15;/h1-9H,10H2,(H4,17,18,19);1H. The van der Waals surface area contributed by atoms with Gasteiger partial charge in [-0.25, -0.2) is 4.99 Å². The molecule has 3 aromatic carbocycles. The van der Waals surface area contributed by atoms with Crippen LogP contribution in [0.25, 0.3) is 21.5 Å². The average molecular weight is 286 g/mol. The van der Waals surface area contributed by atoms with E-state index in [-0.39, 0.29) is 18.4 Å². The van der Waals surface area contributed by atoms with Crippen LogP contribution in [0.2, 0.25) is 0 Å². The summed E-state index contributed by atoms with van der Waals surface area (Å²) in [6, 6.07) is 18.8. The van der Waals surface area contributed by atoms with E-state index < -0.39 is 0 Å². The van der Waals surface area contributed by atoms with Crippen LogP contribution in [0, 0.1) is 0 Å². The third-order valence-electron chi connectivity index (χ3n) is 3.30. The number of aliphatic imine (C=N–C) groups is 1. The van der Waals surface area contributed by atoms with Crippen molar-refractivity contribution in [2.24, 2.45) is 16.5 Å². The van der Waals surface area contributed by atoms with Gasteiger partial charge in [-0.15, -0.1) is 12.4 Å². The number of benzene rings is 3. The summed E-state index contributed by atoms with van der Waals surface area (Å²) in [6.07, 6.45) is 0. The number of nitrogens with two attached hydrogens (primary N) is 2. The Morgan fingerprint density at radius 2 is 1.35 bits per heavy atom. The van der Waals surface area contributed by atoms with Crippen molar-refractivity contribution >= 4 is 39.9 Å². The van der Waals surface area contributed by atoms with E-state index in [2.05, 4.69) is 35.3 Å². The Morgan fingerprint density at radius 3 is 1.85 bits per heavy atom. The molecule has 4 N–H and O–H groups in total. The van der Waals surface area contributed by atoms with Crippen LogP contribution in [-0.2, 0) is 6.54 Å². The molecule has 0 saturated carbocycles. The fraction of sp³-hybridized carbons (Fsp3) is 0.0625. The molecule has 0 aliphatic heterocycles. The van der Waals surface area contributed by atoms with Gasteiger partial charge in [0.25, 0.3) is 0 Å². The summed E-state index contributed by atoms with van der Waals surface area (Å²) < 4.78 is 0. The number of nitrogens with zero attached hydrogens (tertiary/aromatic N) is 1. The molecule has 0 heterocycles. The van der Waals surface area contributed by atoms with Gasteiger partial charge in [-0.05, 0) is 33.2 Å².